The molecule has 130 valence electrons. The minimum atomic E-state index is 0.129. The lowest BCUT2D eigenvalue weighted by Gasteiger charge is -2.43. The Balaban J connectivity index is 1.45. The number of pyridine rings is 1. The molecule has 2 atom stereocenters. The van der Waals surface area contributed by atoms with Crippen LogP contribution in [0, 0.1) is 6.92 Å². The fourth-order valence-corrected chi connectivity index (χ4v) is 4.12. The largest absolute Gasteiger partial charge is 0.381 e. The summed E-state index contributed by atoms with van der Waals surface area (Å²) in [7, 11) is 0. The molecule has 1 aromatic heterocycles. The first kappa shape index (κ1) is 16.0. The van der Waals surface area contributed by atoms with E-state index in [1.165, 1.54) is 5.56 Å². The standard InChI is InChI=1S/C18H25N3O3/c1-13-2-3-14(8-19-13)9-20-10-16-17(11-20)24-12-18(22)21(16)15-4-6-23-7-5-15/h2-3,8,15-17H,4-7,9-12H2,1H3/t16-,17-/m0/s1. The van der Waals surface area contributed by atoms with Gasteiger partial charge in [-0.3, -0.25) is 14.7 Å². The molecule has 3 aliphatic heterocycles. The van der Waals surface area contributed by atoms with E-state index in [1.54, 1.807) is 0 Å². The number of aryl methyl sites for hydroxylation is 1. The van der Waals surface area contributed by atoms with Gasteiger partial charge in [-0.2, -0.15) is 0 Å². The third-order valence-electron chi connectivity index (χ3n) is 5.34. The molecular formula is C18H25N3O3. The molecule has 4 heterocycles. The maximum atomic E-state index is 12.5. The van der Waals surface area contributed by atoms with E-state index in [0.717, 1.165) is 51.4 Å². The average Bonchev–Trinajstić information content (AvgIpc) is 3.00. The zero-order valence-corrected chi connectivity index (χ0v) is 14.2. The van der Waals surface area contributed by atoms with Gasteiger partial charge in [-0.05, 0) is 31.4 Å². The molecular weight excluding hydrogens is 306 g/mol. The normalized spacial score (nSPS) is 29.0. The molecule has 0 spiro atoms. The van der Waals surface area contributed by atoms with Crippen LogP contribution in [0.5, 0.6) is 0 Å². The number of morpholine rings is 1. The molecule has 3 saturated heterocycles. The molecule has 24 heavy (non-hydrogen) atoms. The Kier molecular flexibility index (Phi) is 4.52. The molecule has 1 amide bonds. The third kappa shape index (κ3) is 3.18. The highest BCUT2D eigenvalue weighted by molar-refractivity contribution is 5.79. The van der Waals surface area contributed by atoms with Gasteiger partial charge in [0.2, 0.25) is 5.91 Å². The molecule has 0 bridgehead atoms. The van der Waals surface area contributed by atoms with Gasteiger partial charge in [0.1, 0.15) is 6.61 Å². The monoisotopic (exact) mass is 331 g/mol. The zero-order chi connectivity index (χ0) is 16.5. The lowest BCUT2D eigenvalue weighted by atomic mass is 10.0. The predicted molar refractivity (Wildman–Crippen MR) is 88.5 cm³/mol. The summed E-state index contributed by atoms with van der Waals surface area (Å²) in [6, 6.07) is 4.66. The number of hydrogen-bond donors (Lipinski definition) is 0. The summed E-state index contributed by atoms with van der Waals surface area (Å²) in [6.07, 6.45) is 3.96. The first-order valence-corrected chi connectivity index (χ1v) is 8.85. The molecule has 0 unspecified atom stereocenters. The van der Waals surface area contributed by atoms with E-state index in [0.29, 0.717) is 6.04 Å². The van der Waals surface area contributed by atoms with Crippen LogP contribution in [0.2, 0.25) is 0 Å². The lowest BCUT2D eigenvalue weighted by Crippen LogP contribution is -2.58. The molecule has 0 saturated carbocycles. The van der Waals surface area contributed by atoms with Crippen LogP contribution in [-0.2, 0) is 20.8 Å². The first-order valence-electron chi connectivity index (χ1n) is 8.85. The summed E-state index contributed by atoms with van der Waals surface area (Å²) in [5, 5.41) is 0. The van der Waals surface area contributed by atoms with E-state index in [4.69, 9.17) is 9.47 Å². The van der Waals surface area contributed by atoms with Gasteiger partial charge in [0.05, 0.1) is 12.1 Å². The topological polar surface area (TPSA) is 54.9 Å². The van der Waals surface area contributed by atoms with Crippen LogP contribution in [-0.4, -0.2) is 71.8 Å². The molecule has 1 aromatic rings. The highest BCUT2D eigenvalue weighted by Crippen LogP contribution is 2.29. The molecule has 0 aliphatic carbocycles. The molecule has 4 rings (SSSR count). The Morgan fingerprint density at radius 3 is 2.83 bits per heavy atom. The molecule has 0 aromatic carbocycles. The number of likely N-dealkylation sites (tertiary alicyclic amines) is 1. The number of aromatic nitrogens is 1. The summed E-state index contributed by atoms with van der Waals surface area (Å²) in [5.41, 5.74) is 2.25. The van der Waals surface area contributed by atoms with Crippen molar-refractivity contribution < 1.29 is 14.3 Å². The summed E-state index contributed by atoms with van der Waals surface area (Å²) in [5.74, 6) is 0.141. The first-order chi connectivity index (χ1) is 11.7. The number of amides is 1. The van der Waals surface area contributed by atoms with Gasteiger partial charge in [0.15, 0.2) is 0 Å². The minimum Gasteiger partial charge on any atom is -0.381 e. The Bertz CT molecular complexity index is 586. The second-order valence-corrected chi connectivity index (χ2v) is 7.06. The maximum absolute atomic E-state index is 12.5. The molecule has 6 heteroatoms. The Morgan fingerprint density at radius 2 is 2.08 bits per heavy atom. The van der Waals surface area contributed by atoms with Crippen molar-refractivity contribution in [2.75, 3.05) is 32.9 Å². The van der Waals surface area contributed by atoms with Crippen LogP contribution in [0.4, 0.5) is 0 Å². The number of rotatable bonds is 3. The van der Waals surface area contributed by atoms with Gasteiger partial charge < -0.3 is 14.4 Å². The van der Waals surface area contributed by atoms with Crippen molar-refractivity contribution in [2.24, 2.45) is 0 Å². The van der Waals surface area contributed by atoms with Crippen LogP contribution in [0.1, 0.15) is 24.1 Å². The van der Waals surface area contributed by atoms with Crippen molar-refractivity contribution in [3.63, 3.8) is 0 Å². The van der Waals surface area contributed by atoms with E-state index < -0.39 is 0 Å². The molecule has 3 fully saturated rings. The Morgan fingerprint density at radius 1 is 1.25 bits per heavy atom. The Labute approximate surface area is 142 Å². The smallest absolute Gasteiger partial charge is 0.249 e. The van der Waals surface area contributed by atoms with Gasteiger partial charge in [-0.1, -0.05) is 6.07 Å². The van der Waals surface area contributed by atoms with Crippen LogP contribution in [0.15, 0.2) is 18.3 Å². The average molecular weight is 331 g/mol. The van der Waals surface area contributed by atoms with Crippen LogP contribution >= 0.6 is 0 Å². The van der Waals surface area contributed by atoms with Gasteiger partial charge >= 0.3 is 0 Å². The number of hydrogen-bond acceptors (Lipinski definition) is 5. The van der Waals surface area contributed by atoms with E-state index in [1.807, 2.05) is 19.2 Å². The van der Waals surface area contributed by atoms with Crippen molar-refractivity contribution >= 4 is 5.91 Å². The molecule has 0 N–H and O–H groups in total. The van der Waals surface area contributed by atoms with Crippen molar-refractivity contribution in [3.05, 3.63) is 29.6 Å². The predicted octanol–water partition coefficient (Wildman–Crippen LogP) is 0.981. The van der Waals surface area contributed by atoms with Crippen molar-refractivity contribution in [1.82, 2.24) is 14.8 Å². The van der Waals surface area contributed by atoms with Gasteiger partial charge in [0.25, 0.3) is 0 Å². The van der Waals surface area contributed by atoms with Gasteiger partial charge in [-0.15, -0.1) is 0 Å². The van der Waals surface area contributed by atoms with Gasteiger partial charge in [-0.25, -0.2) is 0 Å². The second-order valence-electron chi connectivity index (χ2n) is 7.06. The third-order valence-corrected chi connectivity index (χ3v) is 5.34. The number of fused-ring (bicyclic) bond motifs is 1. The summed E-state index contributed by atoms with van der Waals surface area (Å²) in [4.78, 5) is 21.3. The van der Waals surface area contributed by atoms with Crippen molar-refractivity contribution in [1.29, 1.82) is 0 Å². The molecule has 6 nitrogen and oxygen atoms in total. The van der Waals surface area contributed by atoms with Crippen LogP contribution in [0.3, 0.4) is 0 Å². The van der Waals surface area contributed by atoms with Gasteiger partial charge in [0, 0.05) is 50.8 Å². The number of carbonyl (C=O) groups is 1. The molecule has 3 aliphatic rings. The zero-order valence-electron chi connectivity index (χ0n) is 14.2. The number of nitrogens with zero attached hydrogens (tertiary/aromatic N) is 3. The summed E-state index contributed by atoms with van der Waals surface area (Å²) >= 11 is 0. The van der Waals surface area contributed by atoms with Crippen LogP contribution in [0.25, 0.3) is 0 Å². The quantitative estimate of drug-likeness (QED) is 0.826. The SMILES string of the molecule is Cc1ccc(CN2C[C@@H]3OCC(=O)N(C4CCOCC4)[C@H]3C2)cn1. The fraction of sp³-hybridized carbons (Fsp3) is 0.667. The summed E-state index contributed by atoms with van der Waals surface area (Å²) < 4.78 is 11.3. The molecule has 0 radical (unpaired) electrons. The van der Waals surface area contributed by atoms with Crippen molar-refractivity contribution in [2.45, 2.75) is 44.5 Å². The van der Waals surface area contributed by atoms with Crippen LogP contribution < -0.4 is 0 Å². The number of ether oxygens (including phenoxy) is 2. The highest BCUT2D eigenvalue weighted by atomic mass is 16.5. The second kappa shape index (κ2) is 6.78. The van der Waals surface area contributed by atoms with E-state index in [9.17, 15) is 4.79 Å². The highest BCUT2D eigenvalue weighted by Gasteiger charge is 2.45. The Hall–Kier alpha value is -1.50. The minimum absolute atomic E-state index is 0.129. The lowest BCUT2D eigenvalue weighted by molar-refractivity contribution is -0.159. The maximum Gasteiger partial charge on any atom is 0.249 e. The van der Waals surface area contributed by atoms with E-state index in [-0.39, 0.29) is 24.7 Å². The summed E-state index contributed by atoms with van der Waals surface area (Å²) in [6.45, 7) is 6.35. The fourth-order valence-electron chi connectivity index (χ4n) is 4.12. The van der Waals surface area contributed by atoms with E-state index >= 15 is 0 Å². The van der Waals surface area contributed by atoms with Crippen molar-refractivity contribution in [3.8, 4) is 0 Å². The number of carbonyl (C=O) groups excluding carboxylic acids is 1. The van der Waals surface area contributed by atoms with E-state index in [2.05, 4.69) is 20.9 Å².